The molecule has 0 aromatic heterocycles. The molecule has 0 saturated heterocycles. The highest BCUT2D eigenvalue weighted by molar-refractivity contribution is 9.10. The van der Waals surface area contributed by atoms with E-state index in [-0.39, 0.29) is 21.8 Å². The van der Waals surface area contributed by atoms with Gasteiger partial charge in [0, 0.05) is 25.6 Å². The molecular formula is C11H14BrFN2O3S. The number of amides is 1. The number of hydrogen-bond acceptors (Lipinski definition) is 3. The summed E-state index contributed by atoms with van der Waals surface area (Å²) in [5.41, 5.74) is 0. The van der Waals surface area contributed by atoms with Crippen LogP contribution in [-0.4, -0.2) is 51.2 Å². The standard InChI is InChI=1S/C11H14BrFN2O3S/c1-14(2)11(16)7-15(3)19(17,18)10-5-4-8(13)6-9(10)12/h4-6H,7H2,1-3H3. The summed E-state index contributed by atoms with van der Waals surface area (Å²) in [6.45, 7) is -0.279. The molecule has 0 unspecified atom stereocenters. The van der Waals surface area contributed by atoms with Crippen molar-refractivity contribution >= 4 is 31.9 Å². The van der Waals surface area contributed by atoms with Crippen LogP contribution in [0.25, 0.3) is 0 Å². The highest BCUT2D eigenvalue weighted by atomic mass is 79.9. The first-order chi connectivity index (χ1) is 8.66. The maximum atomic E-state index is 13.0. The van der Waals surface area contributed by atoms with E-state index in [0.717, 1.165) is 22.5 Å². The SMILES string of the molecule is CN(C)C(=O)CN(C)S(=O)(=O)c1ccc(F)cc1Br. The molecule has 0 heterocycles. The average molecular weight is 353 g/mol. The number of likely N-dealkylation sites (N-methyl/N-ethyl adjacent to an activating group) is 2. The molecule has 0 aliphatic heterocycles. The number of carbonyl (C=O) groups excluding carboxylic acids is 1. The second-order valence-corrected chi connectivity index (χ2v) is 6.99. The van der Waals surface area contributed by atoms with Gasteiger partial charge in [-0.2, -0.15) is 4.31 Å². The van der Waals surface area contributed by atoms with Crippen molar-refractivity contribution in [2.24, 2.45) is 0 Å². The highest BCUT2D eigenvalue weighted by Crippen LogP contribution is 2.25. The number of sulfonamides is 1. The zero-order valence-electron chi connectivity index (χ0n) is 10.7. The van der Waals surface area contributed by atoms with Gasteiger partial charge in [-0.15, -0.1) is 0 Å². The molecule has 1 rings (SSSR count). The number of benzene rings is 1. The Morgan fingerprint density at radius 3 is 2.37 bits per heavy atom. The first-order valence-corrected chi connectivity index (χ1v) is 7.51. The molecule has 19 heavy (non-hydrogen) atoms. The molecule has 0 atom stereocenters. The van der Waals surface area contributed by atoms with E-state index >= 15 is 0 Å². The molecule has 1 amide bonds. The Morgan fingerprint density at radius 2 is 1.89 bits per heavy atom. The van der Waals surface area contributed by atoms with Crippen molar-refractivity contribution in [3.05, 3.63) is 28.5 Å². The first kappa shape index (κ1) is 16.1. The molecule has 0 N–H and O–H groups in total. The summed E-state index contributed by atoms with van der Waals surface area (Å²) in [6.07, 6.45) is 0. The monoisotopic (exact) mass is 352 g/mol. The molecule has 106 valence electrons. The quantitative estimate of drug-likeness (QED) is 0.820. The van der Waals surface area contributed by atoms with Crippen molar-refractivity contribution < 1.29 is 17.6 Å². The van der Waals surface area contributed by atoms with Crippen LogP contribution in [0.1, 0.15) is 0 Å². The zero-order chi connectivity index (χ0) is 14.8. The molecule has 5 nitrogen and oxygen atoms in total. The van der Waals surface area contributed by atoms with Gasteiger partial charge in [0.1, 0.15) is 5.82 Å². The van der Waals surface area contributed by atoms with Gasteiger partial charge in [-0.1, -0.05) is 0 Å². The molecule has 0 spiro atoms. The topological polar surface area (TPSA) is 57.7 Å². The summed E-state index contributed by atoms with van der Waals surface area (Å²) in [5.74, 6) is -0.887. The minimum atomic E-state index is -3.84. The summed E-state index contributed by atoms with van der Waals surface area (Å²) >= 11 is 3.01. The van der Waals surface area contributed by atoms with Gasteiger partial charge in [-0.05, 0) is 34.1 Å². The van der Waals surface area contributed by atoms with E-state index in [1.54, 1.807) is 0 Å². The van der Waals surface area contributed by atoms with E-state index in [0.29, 0.717) is 0 Å². The summed E-state index contributed by atoms with van der Waals surface area (Å²) in [6, 6.07) is 3.28. The van der Waals surface area contributed by atoms with Gasteiger partial charge in [0.05, 0.1) is 11.4 Å². The molecule has 0 radical (unpaired) electrons. The van der Waals surface area contributed by atoms with Crippen molar-refractivity contribution in [1.82, 2.24) is 9.21 Å². The molecule has 0 aliphatic rings. The van der Waals surface area contributed by atoms with E-state index in [9.17, 15) is 17.6 Å². The lowest BCUT2D eigenvalue weighted by Crippen LogP contribution is -2.37. The normalized spacial score (nSPS) is 11.7. The maximum Gasteiger partial charge on any atom is 0.244 e. The highest BCUT2D eigenvalue weighted by Gasteiger charge is 2.25. The third-order valence-electron chi connectivity index (χ3n) is 2.44. The largest absolute Gasteiger partial charge is 0.348 e. The van der Waals surface area contributed by atoms with Crippen LogP contribution in [0.5, 0.6) is 0 Å². The van der Waals surface area contributed by atoms with E-state index in [2.05, 4.69) is 15.9 Å². The van der Waals surface area contributed by atoms with Crippen LogP contribution >= 0.6 is 15.9 Å². The fourth-order valence-electron chi connectivity index (χ4n) is 1.27. The molecule has 1 aromatic rings. The molecular weight excluding hydrogens is 339 g/mol. The van der Waals surface area contributed by atoms with Gasteiger partial charge < -0.3 is 4.90 Å². The Morgan fingerprint density at radius 1 is 1.32 bits per heavy atom. The third-order valence-corrected chi connectivity index (χ3v) is 5.22. The number of halogens is 2. The van der Waals surface area contributed by atoms with Crippen LogP contribution in [0.4, 0.5) is 4.39 Å². The van der Waals surface area contributed by atoms with Gasteiger partial charge in [0.2, 0.25) is 15.9 Å². The fraction of sp³-hybridized carbons (Fsp3) is 0.364. The molecule has 1 aromatic carbocycles. The lowest BCUT2D eigenvalue weighted by atomic mass is 10.3. The lowest BCUT2D eigenvalue weighted by molar-refractivity contribution is -0.128. The van der Waals surface area contributed by atoms with Crippen LogP contribution in [0.15, 0.2) is 27.6 Å². The Kier molecular flexibility index (Phi) is 5.05. The smallest absolute Gasteiger partial charge is 0.244 e. The maximum absolute atomic E-state index is 13.0. The van der Waals surface area contributed by atoms with Crippen LogP contribution in [-0.2, 0) is 14.8 Å². The van der Waals surface area contributed by atoms with Gasteiger partial charge >= 0.3 is 0 Å². The van der Waals surface area contributed by atoms with Gasteiger partial charge in [0.15, 0.2) is 0 Å². The Bertz CT molecular complexity index is 590. The van der Waals surface area contributed by atoms with E-state index < -0.39 is 15.8 Å². The number of hydrogen-bond donors (Lipinski definition) is 0. The number of rotatable bonds is 4. The molecule has 0 bridgehead atoms. The Balaban J connectivity index is 3.07. The molecule has 0 aliphatic carbocycles. The van der Waals surface area contributed by atoms with Crippen molar-refractivity contribution in [2.75, 3.05) is 27.7 Å². The predicted molar refractivity (Wildman–Crippen MR) is 72.6 cm³/mol. The molecule has 0 saturated carbocycles. The minimum Gasteiger partial charge on any atom is -0.348 e. The van der Waals surface area contributed by atoms with Crippen LogP contribution in [0.3, 0.4) is 0 Å². The van der Waals surface area contributed by atoms with E-state index in [4.69, 9.17) is 0 Å². The van der Waals surface area contributed by atoms with Gasteiger partial charge in [-0.25, -0.2) is 12.8 Å². The zero-order valence-corrected chi connectivity index (χ0v) is 13.1. The van der Waals surface area contributed by atoms with Gasteiger partial charge in [-0.3, -0.25) is 4.79 Å². The van der Waals surface area contributed by atoms with Crippen molar-refractivity contribution in [1.29, 1.82) is 0 Å². The van der Waals surface area contributed by atoms with E-state index in [1.165, 1.54) is 26.0 Å². The fourth-order valence-corrected chi connectivity index (χ4v) is 3.40. The van der Waals surface area contributed by atoms with Crippen molar-refractivity contribution in [2.45, 2.75) is 4.90 Å². The summed E-state index contributed by atoms with van der Waals surface area (Å²) < 4.78 is 38.4. The Hall–Kier alpha value is -0.990. The summed E-state index contributed by atoms with van der Waals surface area (Å²) in [4.78, 5) is 12.7. The van der Waals surface area contributed by atoms with Crippen LogP contribution < -0.4 is 0 Å². The first-order valence-electron chi connectivity index (χ1n) is 5.28. The van der Waals surface area contributed by atoms with Crippen LogP contribution in [0, 0.1) is 5.82 Å². The minimum absolute atomic E-state index is 0.0806. The van der Waals surface area contributed by atoms with Crippen molar-refractivity contribution in [3.8, 4) is 0 Å². The third kappa shape index (κ3) is 3.74. The van der Waals surface area contributed by atoms with Crippen molar-refractivity contribution in [3.63, 3.8) is 0 Å². The molecule has 0 fully saturated rings. The average Bonchev–Trinajstić information content (AvgIpc) is 2.27. The second kappa shape index (κ2) is 5.98. The lowest BCUT2D eigenvalue weighted by Gasteiger charge is -2.19. The van der Waals surface area contributed by atoms with Crippen LogP contribution in [0.2, 0.25) is 0 Å². The molecule has 8 heteroatoms. The second-order valence-electron chi connectivity index (χ2n) is 4.12. The Labute approximate surface area is 120 Å². The van der Waals surface area contributed by atoms with E-state index in [1.807, 2.05) is 0 Å². The summed E-state index contributed by atoms with van der Waals surface area (Å²) in [7, 11) is 0.532. The number of nitrogens with zero attached hydrogens (tertiary/aromatic N) is 2. The van der Waals surface area contributed by atoms with Gasteiger partial charge in [0.25, 0.3) is 0 Å². The predicted octanol–water partition coefficient (Wildman–Crippen LogP) is 1.30. The number of carbonyl (C=O) groups is 1. The summed E-state index contributed by atoms with van der Waals surface area (Å²) in [5, 5.41) is 0.